The molecule has 1 amide bonds. The first-order valence-electron chi connectivity index (χ1n) is 8.31. The molecule has 0 radical (unpaired) electrons. The van der Waals surface area contributed by atoms with Gasteiger partial charge in [0.25, 0.3) is 5.91 Å². The molecule has 1 fully saturated rings. The van der Waals surface area contributed by atoms with Crippen molar-refractivity contribution in [2.75, 3.05) is 36.4 Å². The third-order valence-corrected chi connectivity index (χ3v) is 5.14. The summed E-state index contributed by atoms with van der Waals surface area (Å²) < 4.78 is 0. The molecule has 0 unspecified atom stereocenters. The number of piperazine rings is 1. The molecule has 2 heterocycles. The number of hydrogen-bond donors (Lipinski definition) is 2. The van der Waals surface area contributed by atoms with Crippen molar-refractivity contribution in [2.45, 2.75) is 13.0 Å². The van der Waals surface area contributed by atoms with E-state index in [2.05, 4.69) is 21.3 Å². The zero-order valence-electron chi connectivity index (χ0n) is 14.0. The van der Waals surface area contributed by atoms with Crippen molar-refractivity contribution >= 4 is 40.5 Å². The number of pyridine rings is 1. The van der Waals surface area contributed by atoms with E-state index >= 15 is 0 Å². The number of nitrogens with one attached hydrogen (secondary N) is 2. The quantitative estimate of drug-likeness (QED) is 0.799. The molecule has 1 saturated heterocycles. The second-order valence-corrected chi connectivity index (χ2v) is 6.97. The molecule has 2 aromatic rings. The minimum Gasteiger partial charge on any atom is -0.360 e. The zero-order valence-corrected chi connectivity index (χ0v) is 15.5. The first kappa shape index (κ1) is 18.0. The van der Waals surface area contributed by atoms with E-state index in [1.807, 2.05) is 25.1 Å². The fraction of sp³-hybridized carbons (Fsp3) is 0.333. The van der Waals surface area contributed by atoms with Crippen molar-refractivity contribution in [3.05, 3.63) is 52.8 Å². The molecule has 5 nitrogen and oxygen atoms in total. The molecular weight excluding hydrogens is 359 g/mol. The van der Waals surface area contributed by atoms with E-state index in [1.54, 1.807) is 18.3 Å². The molecule has 132 valence electrons. The average Bonchev–Trinajstić information content (AvgIpc) is 2.63. The number of aromatic nitrogens is 1. The average molecular weight is 380 g/mol. The van der Waals surface area contributed by atoms with Crippen LogP contribution in [0.4, 0.5) is 11.4 Å². The fourth-order valence-electron chi connectivity index (χ4n) is 3.06. The van der Waals surface area contributed by atoms with Crippen LogP contribution < -0.4 is 15.1 Å². The van der Waals surface area contributed by atoms with Crippen LogP contribution in [0.25, 0.3) is 0 Å². The number of quaternary nitrogens is 1. The van der Waals surface area contributed by atoms with Gasteiger partial charge < -0.3 is 15.1 Å². The Morgan fingerprint density at radius 3 is 2.68 bits per heavy atom. The summed E-state index contributed by atoms with van der Waals surface area (Å²) in [5.74, 6) is -0.0406. The summed E-state index contributed by atoms with van der Waals surface area (Å²) in [5, 5.41) is 3.93. The second-order valence-electron chi connectivity index (χ2n) is 6.18. The lowest BCUT2D eigenvalue weighted by atomic mass is 10.2. The summed E-state index contributed by atoms with van der Waals surface area (Å²) in [7, 11) is 0. The Labute approximate surface area is 157 Å². The lowest BCUT2D eigenvalue weighted by Gasteiger charge is -2.36. The predicted octanol–water partition coefficient (Wildman–Crippen LogP) is 2.12. The molecule has 0 saturated carbocycles. The van der Waals surface area contributed by atoms with Crippen molar-refractivity contribution in [1.82, 2.24) is 4.98 Å². The van der Waals surface area contributed by atoms with Crippen LogP contribution >= 0.6 is 23.2 Å². The highest BCUT2D eigenvalue weighted by atomic mass is 35.5. The number of anilines is 2. The van der Waals surface area contributed by atoms with Gasteiger partial charge in [-0.3, -0.25) is 4.79 Å². The molecule has 0 bridgehead atoms. The van der Waals surface area contributed by atoms with Crippen LogP contribution in [0.3, 0.4) is 0 Å². The van der Waals surface area contributed by atoms with Gasteiger partial charge in [0.2, 0.25) is 0 Å². The Bertz CT molecular complexity index is 747. The number of hydrogen-bond acceptors (Lipinski definition) is 3. The van der Waals surface area contributed by atoms with Gasteiger partial charge in [-0.05, 0) is 37.3 Å². The smallest absolute Gasteiger partial charge is 0.282 e. The van der Waals surface area contributed by atoms with Crippen LogP contribution in [0.5, 0.6) is 0 Å². The summed E-state index contributed by atoms with van der Waals surface area (Å²) in [6, 6.07) is 11.2. The van der Waals surface area contributed by atoms with Gasteiger partial charge in [0, 0.05) is 16.9 Å². The number of benzene rings is 1. The molecule has 1 aliphatic heterocycles. The van der Waals surface area contributed by atoms with Crippen LogP contribution in [-0.4, -0.2) is 43.1 Å². The molecule has 0 aliphatic carbocycles. The highest BCUT2D eigenvalue weighted by molar-refractivity contribution is 6.32. The van der Waals surface area contributed by atoms with Crippen molar-refractivity contribution < 1.29 is 9.69 Å². The summed E-state index contributed by atoms with van der Waals surface area (Å²) >= 11 is 12.1. The van der Waals surface area contributed by atoms with Crippen molar-refractivity contribution in [3.63, 3.8) is 0 Å². The predicted molar refractivity (Wildman–Crippen MR) is 102 cm³/mol. The molecular formula is C18H21Cl2N4O+. The Kier molecular flexibility index (Phi) is 5.78. The summed E-state index contributed by atoms with van der Waals surface area (Å²) in [6.45, 7) is 5.51. The lowest BCUT2D eigenvalue weighted by Crippen LogP contribution is -3.19. The van der Waals surface area contributed by atoms with E-state index in [0.717, 1.165) is 36.9 Å². The van der Waals surface area contributed by atoms with Crippen LogP contribution in [0.2, 0.25) is 10.2 Å². The Morgan fingerprint density at radius 1 is 1.24 bits per heavy atom. The molecule has 1 aliphatic rings. The Hall–Kier alpha value is -1.82. The molecule has 25 heavy (non-hydrogen) atoms. The molecule has 1 aromatic carbocycles. The van der Waals surface area contributed by atoms with Gasteiger partial charge >= 0.3 is 0 Å². The van der Waals surface area contributed by atoms with Gasteiger partial charge in [0.1, 0.15) is 0 Å². The monoisotopic (exact) mass is 379 g/mol. The minimum atomic E-state index is -0.155. The largest absolute Gasteiger partial charge is 0.360 e. The van der Waals surface area contributed by atoms with Crippen LogP contribution in [0, 0.1) is 0 Å². The summed E-state index contributed by atoms with van der Waals surface area (Å²) in [4.78, 5) is 20.1. The molecule has 3 rings (SSSR count). The van der Waals surface area contributed by atoms with E-state index in [9.17, 15) is 4.79 Å². The van der Waals surface area contributed by atoms with Crippen LogP contribution in [-0.2, 0) is 4.79 Å². The highest BCUT2D eigenvalue weighted by Crippen LogP contribution is 2.19. The van der Waals surface area contributed by atoms with E-state index in [1.165, 1.54) is 4.90 Å². The molecule has 0 spiro atoms. The van der Waals surface area contributed by atoms with Crippen molar-refractivity contribution in [3.8, 4) is 0 Å². The summed E-state index contributed by atoms with van der Waals surface area (Å²) in [5.41, 5.74) is 1.68. The number of amides is 1. The van der Waals surface area contributed by atoms with Crippen LogP contribution in [0.15, 0.2) is 42.6 Å². The molecule has 1 aromatic heterocycles. The maximum Gasteiger partial charge on any atom is 0.282 e. The molecule has 7 heteroatoms. The van der Waals surface area contributed by atoms with Gasteiger partial charge in [-0.15, -0.1) is 0 Å². The van der Waals surface area contributed by atoms with E-state index in [0.29, 0.717) is 10.8 Å². The van der Waals surface area contributed by atoms with Crippen LogP contribution in [0.1, 0.15) is 6.92 Å². The Morgan fingerprint density at radius 2 is 2.00 bits per heavy atom. The first-order chi connectivity index (χ1) is 12.0. The first-order valence-corrected chi connectivity index (χ1v) is 9.06. The number of halogens is 2. The third-order valence-electron chi connectivity index (χ3n) is 4.60. The highest BCUT2D eigenvalue weighted by Gasteiger charge is 2.29. The van der Waals surface area contributed by atoms with Gasteiger partial charge in [0.15, 0.2) is 11.2 Å². The van der Waals surface area contributed by atoms with Gasteiger partial charge in [-0.1, -0.05) is 29.3 Å². The number of carbonyl (C=O) groups excluding carboxylic acids is 1. The maximum atomic E-state index is 12.5. The fourth-order valence-corrected chi connectivity index (χ4v) is 3.41. The SMILES string of the molecule is C[C@H](C(=O)Nc1cccnc1Cl)[NH+]1CCN(c2cccc(Cl)c2)CC1. The van der Waals surface area contributed by atoms with E-state index in [-0.39, 0.29) is 11.9 Å². The van der Waals surface area contributed by atoms with Crippen molar-refractivity contribution in [2.24, 2.45) is 0 Å². The molecule has 2 N–H and O–H groups in total. The number of carbonyl (C=O) groups is 1. The van der Waals surface area contributed by atoms with E-state index in [4.69, 9.17) is 23.2 Å². The van der Waals surface area contributed by atoms with Crippen molar-refractivity contribution in [1.29, 1.82) is 0 Å². The molecule has 1 atom stereocenters. The minimum absolute atomic E-state index is 0.0406. The zero-order chi connectivity index (χ0) is 17.8. The number of rotatable bonds is 4. The third kappa shape index (κ3) is 4.42. The van der Waals surface area contributed by atoms with Gasteiger partial charge in [0.05, 0.1) is 31.9 Å². The lowest BCUT2D eigenvalue weighted by molar-refractivity contribution is -0.914. The topological polar surface area (TPSA) is 49.7 Å². The summed E-state index contributed by atoms with van der Waals surface area (Å²) in [6.07, 6.45) is 1.60. The Balaban J connectivity index is 1.57. The van der Waals surface area contributed by atoms with Gasteiger partial charge in [-0.2, -0.15) is 0 Å². The number of nitrogens with zero attached hydrogens (tertiary/aromatic N) is 2. The standard InChI is InChI=1S/C18H20Cl2N4O/c1-13(18(25)22-16-6-3-7-21-17(16)20)23-8-10-24(11-9-23)15-5-2-4-14(19)12-15/h2-7,12-13H,8-11H2,1H3,(H,22,25)/p+1/t13-/m1/s1. The van der Waals surface area contributed by atoms with Gasteiger partial charge in [-0.25, -0.2) is 4.98 Å². The second kappa shape index (κ2) is 8.04. The maximum absolute atomic E-state index is 12.5. The van der Waals surface area contributed by atoms with E-state index < -0.39 is 0 Å². The normalized spacial score (nSPS) is 16.5.